The number of carbonyl (C=O) groups excluding carboxylic acids is 1. The molecule has 180 valence electrons. The molecule has 0 saturated carbocycles. The summed E-state index contributed by atoms with van der Waals surface area (Å²) in [7, 11) is 0. The average molecular weight is 462 g/mol. The van der Waals surface area contributed by atoms with Gasteiger partial charge < -0.3 is 4.90 Å². The number of imidazole rings is 1. The molecule has 4 heterocycles. The highest BCUT2D eigenvalue weighted by Gasteiger charge is 2.32. The van der Waals surface area contributed by atoms with Crippen molar-refractivity contribution in [1.82, 2.24) is 23.9 Å². The van der Waals surface area contributed by atoms with Crippen molar-refractivity contribution < 1.29 is 4.79 Å². The molecule has 0 bridgehead atoms. The maximum Gasteiger partial charge on any atom is 0.329 e. The number of piperidine rings is 2. The highest BCUT2D eigenvalue weighted by molar-refractivity contribution is 5.79. The molecule has 2 aliphatic heterocycles. The summed E-state index contributed by atoms with van der Waals surface area (Å²) in [5, 5.41) is 0. The van der Waals surface area contributed by atoms with Crippen LogP contribution in [0, 0.1) is 5.92 Å². The summed E-state index contributed by atoms with van der Waals surface area (Å²) in [6.07, 6.45) is 7.18. The van der Waals surface area contributed by atoms with Crippen LogP contribution in [0.1, 0.15) is 57.2 Å². The fourth-order valence-corrected chi connectivity index (χ4v) is 5.73. The van der Waals surface area contributed by atoms with E-state index >= 15 is 0 Å². The number of carbonyl (C=O) groups is 1. The van der Waals surface area contributed by atoms with Gasteiger partial charge in [-0.15, -0.1) is 0 Å². The molecule has 5 rings (SSSR count). The van der Waals surface area contributed by atoms with E-state index in [9.17, 15) is 9.59 Å². The van der Waals surface area contributed by atoms with Crippen molar-refractivity contribution in [3.05, 3.63) is 64.8 Å². The van der Waals surface area contributed by atoms with Crippen molar-refractivity contribution in [1.29, 1.82) is 0 Å². The first-order chi connectivity index (χ1) is 16.5. The molecule has 2 saturated heterocycles. The predicted octanol–water partition coefficient (Wildman–Crippen LogP) is 3.85. The fourth-order valence-electron chi connectivity index (χ4n) is 5.73. The molecule has 2 aliphatic rings. The second-order valence-electron chi connectivity index (χ2n) is 10.1. The van der Waals surface area contributed by atoms with E-state index in [-0.39, 0.29) is 23.7 Å². The van der Waals surface area contributed by atoms with Crippen LogP contribution in [-0.2, 0) is 11.3 Å². The lowest BCUT2D eigenvalue weighted by molar-refractivity contribution is -0.138. The maximum atomic E-state index is 13.3. The molecular formula is C27H35N5O2. The SMILES string of the molecule is CC(C)n1c(=O)n(C2CCN(C(=O)C3CCN(Cc4ccncc4)CC3)CC2)c2ccccc21. The molecule has 7 nitrogen and oxygen atoms in total. The lowest BCUT2D eigenvalue weighted by Crippen LogP contribution is -2.46. The molecule has 1 amide bonds. The normalized spacial score (nSPS) is 18.7. The molecule has 7 heteroatoms. The highest BCUT2D eigenvalue weighted by Crippen LogP contribution is 2.29. The van der Waals surface area contributed by atoms with Crippen LogP contribution in [0.2, 0.25) is 0 Å². The molecule has 0 N–H and O–H groups in total. The first kappa shape index (κ1) is 22.8. The van der Waals surface area contributed by atoms with E-state index < -0.39 is 0 Å². The molecule has 0 unspecified atom stereocenters. The van der Waals surface area contributed by atoms with Crippen molar-refractivity contribution in [2.75, 3.05) is 26.2 Å². The Labute approximate surface area is 201 Å². The van der Waals surface area contributed by atoms with Crippen molar-refractivity contribution >= 4 is 16.9 Å². The topological polar surface area (TPSA) is 63.4 Å². The Kier molecular flexibility index (Phi) is 6.55. The van der Waals surface area contributed by atoms with Gasteiger partial charge >= 0.3 is 5.69 Å². The third kappa shape index (κ3) is 4.41. The Morgan fingerprint density at radius 2 is 1.59 bits per heavy atom. The minimum Gasteiger partial charge on any atom is -0.342 e. The maximum absolute atomic E-state index is 13.3. The highest BCUT2D eigenvalue weighted by atomic mass is 16.2. The number of likely N-dealkylation sites (tertiary alicyclic amines) is 2. The molecule has 2 aromatic heterocycles. The number of amides is 1. The standard InChI is InChI=1S/C27H35N5O2/c1-20(2)31-24-5-3-4-6-25(24)32(27(31)34)23-11-17-30(18-12-23)26(33)22-9-15-29(16-10-22)19-21-7-13-28-14-8-21/h3-8,13-14,20,22-23H,9-12,15-19H2,1-2H3. The molecule has 0 radical (unpaired) electrons. The summed E-state index contributed by atoms with van der Waals surface area (Å²) in [6.45, 7) is 8.42. The van der Waals surface area contributed by atoms with E-state index in [2.05, 4.69) is 35.9 Å². The van der Waals surface area contributed by atoms with Gasteiger partial charge in [-0.25, -0.2) is 4.79 Å². The van der Waals surface area contributed by atoms with E-state index in [4.69, 9.17) is 0 Å². The number of pyridine rings is 1. The lowest BCUT2D eigenvalue weighted by atomic mass is 9.93. The first-order valence-corrected chi connectivity index (χ1v) is 12.6. The third-order valence-electron chi connectivity index (χ3n) is 7.56. The zero-order chi connectivity index (χ0) is 23.7. The monoisotopic (exact) mass is 461 g/mol. The van der Waals surface area contributed by atoms with Gasteiger partial charge in [-0.05, 0) is 82.4 Å². The minimum absolute atomic E-state index is 0.0718. The summed E-state index contributed by atoms with van der Waals surface area (Å²) in [5.41, 5.74) is 3.35. The van der Waals surface area contributed by atoms with Gasteiger partial charge in [0.25, 0.3) is 0 Å². The van der Waals surface area contributed by atoms with Crippen LogP contribution in [0.25, 0.3) is 11.0 Å². The second kappa shape index (κ2) is 9.74. The van der Waals surface area contributed by atoms with Crippen LogP contribution < -0.4 is 5.69 Å². The molecule has 0 aliphatic carbocycles. The zero-order valence-electron chi connectivity index (χ0n) is 20.3. The number of hydrogen-bond acceptors (Lipinski definition) is 4. The molecular weight excluding hydrogens is 426 g/mol. The Morgan fingerprint density at radius 1 is 0.941 bits per heavy atom. The average Bonchev–Trinajstić information content (AvgIpc) is 3.16. The van der Waals surface area contributed by atoms with Crippen LogP contribution in [0.15, 0.2) is 53.6 Å². The van der Waals surface area contributed by atoms with Crippen molar-refractivity contribution in [2.45, 2.75) is 58.2 Å². The largest absolute Gasteiger partial charge is 0.342 e. The summed E-state index contributed by atoms with van der Waals surface area (Å²) in [5.74, 6) is 0.426. The number of fused-ring (bicyclic) bond motifs is 1. The number of hydrogen-bond donors (Lipinski definition) is 0. The minimum atomic E-state index is 0.0718. The summed E-state index contributed by atoms with van der Waals surface area (Å²) < 4.78 is 3.88. The smallest absolute Gasteiger partial charge is 0.329 e. The van der Waals surface area contributed by atoms with E-state index in [1.807, 2.05) is 50.7 Å². The van der Waals surface area contributed by atoms with Crippen LogP contribution in [0.5, 0.6) is 0 Å². The van der Waals surface area contributed by atoms with E-state index in [1.165, 1.54) is 5.56 Å². The van der Waals surface area contributed by atoms with Crippen LogP contribution in [-0.4, -0.2) is 56.0 Å². The summed E-state index contributed by atoms with van der Waals surface area (Å²) >= 11 is 0. The lowest BCUT2D eigenvalue weighted by Gasteiger charge is -2.37. The molecule has 34 heavy (non-hydrogen) atoms. The summed E-state index contributed by atoms with van der Waals surface area (Å²) in [4.78, 5) is 35.1. The van der Waals surface area contributed by atoms with E-state index in [0.29, 0.717) is 5.91 Å². The Balaban J connectivity index is 1.20. The van der Waals surface area contributed by atoms with Crippen molar-refractivity contribution in [3.8, 4) is 0 Å². The van der Waals surface area contributed by atoms with Gasteiger partial charge in [-0.2, -0.15) is 0 Å². The van der Waals surface area contributed by atoms with Gasteiger partial charge in [-0.3, -0.25) is 23.8 Å². The quantitative estimate of drug-likeness (QED) is 0.579. The van der Waals surface area contributed by atoms with Gasteiger partial charge in [-0.1, -0.05) is 12.1 Å². The summed E-state index contributed by atoms with van der Waals surface area (Å²) in [6, 6.07) is 12.5. The third-order valence-corrected chi connectivity index (χ3v) is 7.56. The molecule has 3 aromatic rings. The Bertz CT molecular complexity index is 1180. The number of benzene rings is 1. The van der Waals surface area contributed by atoms with Crippen LogP contribution in [0.4, 0.5) is 0 Å². The van der Waals surface area contributed by atoms with Gasteiger partial charge in [0, 0.05) is 50.0 Å². The Morgan fingerprint density at radius 3 is 2.24 bits per heavy atom. The Hall–Kier alpha value is -2.93. The molecule has 0 atom stereocenters. The van der Waals surface area contributed by atoms with Gasteiger partial charge in [0.1, 0.15) is 0 Å². The first-order valence-electron chi connectivity index (χ1n) is 12.6. The molecule has 1 aromatic carbocycles. The van der Waals surface area contributed by atoms with Gasteiger partial charge in [0.15, 0.2) is 0 Å². The molecule has 2 fully saturated rings. The number of aromatic nitrogens is 3. The fraction of sp³-hybridized carbons (Fsp3) is 0.519. The number of rotatable bonds is 5. The van der Waals surface area contributed by atoms with Crippen molar-refractivity contribution in [3.63, 3.8) is 0 Å². The number of nitrogens with zero attached hydrogens (tertiary/aromatic N) is 5. The van der Waals surface area contributed by atoms with Gasteiger partial charge in [0.2, 0.25) is 5.91 Å². The van der Waals surface area contributed by atoms with E-state index in [1.54, 1.807) is 0 Å². The predicted molar refractivity (Wildman–Crippen MR) is 134 cm³/mol. The van der Waals surface area contributed by atoms with Crippen LogP contribution in [0.3, 0.4) is 0 Å². The van der Waals surface area contributed by atoms with Crippen molar-refractivity contribution in [2.24, 2.45) is 5.92 Å². The van der Waals surface area contributed by atoms with Crippen LogP contribution >= 0.6 is 0 Å². The van der Waals surface area contributed by atoms with E-state index in [0.717, 1.165) is 69.4 Å². The zero-order valence-corrected chi connectivity index (χ0v) is 20.3. The second-order valence-corrected chi connectivity index (χ2v) is 10.1. The molecule has 0 spiro atoms. The van der Waals surface area contributed by atoms with Gasteiger partial charge in [0.05, 0.1) is 11.0 Å². The number of para-hydroxylation sites is 2.